The van der Waals surface area contributed by atoms with Crippen molar-refractivity contribution in [3.05, 3.63) is 41.6 Å². The lowest BCUT2D eigenvalue weighted by Crippen LogP contribution is -2.43. The van der Waals surface area contributed by atoms with Crippen LogP contribution in [0.2, 0.25) is 0 Å². The molecule has 3 rings (SSSR count). The lowest BCUT2D eigenvalue weighted by atomic mass is 9.97. The number of amides is 2. The Morgan fingerprint density at radius 2 is 2.14 bits per heavy atom. The predicted octanol–water partition coefficient (Wildman–Crippen LogP) is 2.85. The number of nitrogens with one attached hydrogen (secondary N) is 1. The van der Waals surface area contributed by atoms with Crippen LogP contribution in [-0.4, -0.2) is 46.8 Å². The molecular weight excluding hydrogens is 366 g/mol. The number of rotatable bonds is 4. The van der Waals surface area contributed by atoms with E-state index < -0.39 is 43.3 Å². The maximum absolute atomic E-state index is 13.5. The first kappa shape index (κ1) is 19.7. The average Bonchev–Trinajstić information content (AvgIpc) is 2.99. The summed E-state index contributed by atoms with van der Waals surface area (Å²) >= 11 is 0. The van der Waals surface area contributed by atoms with Gasteiger partial charge in [-0.2, -0.15) is 5.26 Å². The molecule has 146 valence electrons. The summed E-state index contributed by atoms with van der Waals surface area (Å²) in [4.78, 5) is 30.1. The van der Waals surface area contributed by atoms with Crippen molar-refractivity contribution in [3.8, 4) is 6.07 Å². The number of halogens is 2. The molecule has 1 unspecified atom stereocenters. The highest BCUT2D eigenvalue weighted by Gasteiger charge is 2.47. The van der Waals surface area contributed by atoms with Crippen molar-refractivity contribution >= 4 is 22.7 Å². The quantitative estimate of drug-likeness (QED) is 0.876. The van der Waals surface area contributed by atoms with E-state index in [0.717, 1.165) is 10.5 Å². The van der Waals surface area contributed by atoms with Gasteiger partial charge in [-0.05, 0) is 17.5 Å². The number of hydrogen-bond donors (Lipinski definition) is 1. The number of hydrogen-bond acceptors (Lipinski definition) is 4. The first-order valence-corrected chi connectivity index (χ1v) is 8.96. The lowest BCUT2D eigenvalue weighted by Gasteiger charge is -2.19. The molecule has 1 N–H and O–H groups in total. The fourth-order valence-corrected chi connectivity index (χ4v) is 3.41. The summed E-state index contributed by atoms with van der Waals surface area (Å²) in [6.45, 7) is 2.79. The van der Waals surface area contributed by atoms with Crippen LogP contribution in [0, 0.1) is 11.3 Å². The molecule has 1 fully saturated rings. The van der Waals surface area contributed by atoms with Crippen LogP contribution >= 0.6 is 0 Å². The standard InChI is InChI=1S/C20H20F2N4O2/c1-12(2)14-4-3-5-15-16(6-7-24-18(14)15)19(28)25-10-17(27)26-11-20(21,22)8-13(26)9-23/h3-7,12-13H,8,10-11H2,1-2H3,(H,25,28). The van der Waals surface area contributed by atoms with Crippen LogP contribution in [0.1, 0.15) is 42.1 Å². The second kappa shape index (κ2) is 7.50. The third-order valence-electron chi connectivity index (χ3n) is 4.81. The Labute approximate surface area is 161 Å². The molecule has 1 aromatic heterocycles. The smallest absolute Gasteiger partial charge is 0.268 e. The van der Waals surface area contributed by atoms with Gasteiger partial charge in [-0.3, -0.25) is 14.6 Å². The zero-order valence-corrected chi connectivity index (χ0v) is 15.6. The minimum Gasteiger partial charge on any atom is -0.343 e. The van der Waals surface area contributed by atoms with Crippen molar-refractivity contribution in [1.29, 1.82) is 5.26 Å². The van der Waals surface area contributed by atoms with Crippen molar-refractivity contribution in [2.45, 2.75) is 38.2 Å². The molecule has 2 aromatic rings. The Morgan fingerprint density at radius 1 is 1.39 bits per heavy atom. The van der Waals surface area contributed by atoms with Crippen LogP contribution in [0.3, 0.4) is 0 Å². The number of nitrogens with zero attached hydrogens (tertiary/aromatic N) is 3. The van der Waals surface area contributed by atoms with Crippen LogP contribution in [-0.2, 0) is 4.79 Å². The Hall–Kier alpha value is -3.08. The largest absolute Gasteiger partial charge is 0.343 e. The Balaban J connectivity index is 1.77. The summed E-state index contributed by atoms with van der Waals surface area (Å²) in [5.41, 5.74) is 2.06. The van der Waals surface area contributed by atoms with Crippen molar-refractivity contribution < 1.29 is 18.4 Å². The molecular formula is C20H20F2N4O2. The zero-order valence-electron chi connectivity index (χ0n) is 15.6. The number of benzene rings is 1. The summed E-state index contributed by atoms with van der Waals surface area (Å²) in [5.74, 6) is -4.08. The number of alkyl halides is 2. The van der Waals surface area contributed by atoms with Gasteiger partial charge in [-0.15, -0.1) is 0 Å². The molecule has 1 aromatic carbocycles. The van der Waals surface area contributed by atoms with Crippen molar-refractivity contribution in [3.63, 3.8) is 0 Å². The second-order valence-corrected chi connectivity index (χ2v) is 7.17. The molecule has 8 heteroatoms. The summed E-state index contributed by atoms with van der Waals surface area (Å²) in [6.07, 6.45) is 0.841. The fourth-order valence-electron chi connectivity index (χ4n) is 3.41. The van der Waals surface area contributed by atoms with Gasteiger partial charge in [0.05, 0.1) is 30.2 Å². The lowest BCUT2D eigenvalue weighted by molar-refractivity contribution is -0.131. The molecule has 0 aliphatic carbocycles. The highest BCUT2D eigenvalue weighted by atomic mass is 19.3. The van der Waals surface area contributed by atoms with E-state index in [4.69, 9.17) is 5.26 Å². The normalized spacial score (nSPS) is 18.3. The molecule has 0 saturated carbocycles. The number of carbonyl (C=O) groups excluding carboxylic acids is 2. The predicted molar refractivity (Wildman–Crippen MR) is 98.8 cm³/mol. The van der Waals surface area contributed by atoms with E-state index in [9.17, 15) is 18.4 Å². The SMILES string of the molecule is CC(C)c1cccc2c(C(=O)NCC(=O)N3CC(F)(F)CC3C#N)ccnc12. The molecule has 2 amide bonds. The molecule has 28 heavy (non-hydrogen) atoms. The molecule has 0 spiro atoms. The van der Waals surface area contributed by atoms with Gasteiger partial charge in [-0.1, -0.05) is 32.0 Å². The second-order valence-electron chi connectivity index (χ2n) is 7.17. The van der Waals surface area contributed by atoms with Crippen LogP contribution in [0.25, 0.3) is 10.9 Å². The van der Waals surface area contributed by atoms with Gasteiger partial charge in [-0.25, -0.2) is 8.78 Å². The number of aromatic nitrogens is 1. The van der Waals surface area contributed by atoms with E-state index in [-0.39, 0.29) is 5.92 Å². The van der Waals surface area contributed by atoms with Gasteiger partial charge in [0.1, 0.15) is 6.04 Å². The van der Waals surface area contributed by atoms with Crippen LogP contribution < -0.4 is 5.32 Å². The number of fused-ring (bicyclic) bond motifs is 1. The Kier molecular flexibility index (Phi) is 5.27. The molecule has 0 bridgehead atoms. The molecule has 1 aliphatic heterocycles. The first-order valence-electron chi connectivity index (χ1n) is 8.96. The van der Waals surface area contributed by atoms with E-state index >= 15 is 0 Å². The van der Waals surface area contributed by atoms with Gasteiger partial charge in [0.2, 0.25) is 5.91 Å². The van der Waals surface area contributed by atoms with E-state index in [2.05, 4.69) is 10.3 Å². The minimum atomic E-state index is -3.09. The van der Waals surface area contributed by atoms with Gasteiger partial charge in [0.15, 0.2) is 0 Å². The summed E-state index contributed by atoms with van der Waals surface area (Å²) in [5, 5.41) is 12.1. The van der Waals surface area contributed by atoms with E-state index in [1.54, 1.807) is 18.2 Å². The average molecular weight is 386 g/mol. The van der Waals surface area contributed by atoms with Crippen LogP contribution in [0.4, 0.5) is 8.78 Å². The number of para-hydroxylation sites is 1. The topological polar surface area (TPSA) is 86.1 Å². The van der Waals surface area contributed by atoms with Gasteiger partial charge >= 0.3 is 0 Å². The van der Waals surface area contributed by atoms with E-state index in [0.29, 0.717) is 16.5 Å². The minimum absolute atomic E-state index is 0.218. The third kappa shape index (κ3) is 3.79. The van der Waals surface area contributed by atoms with Gasteiger partial charge in [0, 0.05) is 18.0 Å². The molecule has 1 aliphatic rings. The summed E-state index contributed by atoms with van der Waals surface area (Å²) in [6, 6.07) is 7.64. The highest BCUT2D eigenvalue weighted by Crippen LogP contribution is 2.31. The van der Waals surface area contributed by atoms with Crippen molar-refractivity contribution in [1.82, 2.24) is 15.2 Å². The first-order chi connectivity index (χ1) is 13.2. The van der Waals surface area contributed by atoms with E-state index in [1.807, 2.05) is 26.0 Å². The summed E-state index contributed by atoms with van der Waals surface area (Å²) < 4.78 is 27.0. The number of pyridine rings is 1. The molecule has 2 heterocycles. The van der Waals surface area contributed by atoms with Gasteiger partial charge in [0.25, 0.3) is 11.8 Å². The molecule has 1 saturated heterocycles. The molecule has 0 radical (unpaired) electrons. The van der Waals surface area contributed by atoms with Crippen molar-refractivity contribution in [2.75, 3.05) is 13.1 Å². The molecule has 6 nitrogen and oxygen atoms in total. The number of nitriles is 1. The monoisotopic (exact) mass is 386 g/mol. The van der Waals surface area contributed by atoms with Gasteiger partial charge < -0.3 is 10.2 Å². The highest BCUT2D eigenvalue weighted by molar-refractivity contribution is 6.07. The fraction of sp³-hybridized carbons (Fsp3) is 0.400. The Morgan fingerprint density at radius 3 is 2.82 bits per heavy atom. The number of carbonyl (C=O) groups is 2. The summed E-state index contributed by atoms with van der Waals surface area (Å²) in [7, 11) is 0. The van der Waals surface area contributed by atoms with Crippen molar-refractivity contribution in [2.24, 2.45) is 0 Å². The Bertz CT molecular complexity index is 968. The maximum Gasteiger partial charge on any atom is 0.268 e. The third-order valence-corrected chi connectivity index (χ3v) is 4.81. The zero-order chi connectivity index (χ0) is 20.5. The molecule has 1 atom stereocenters. The van der Waals surface area contributed by atoms with Crippen LogP contribution in [0.5, 0.6) is 0 Å². The van der Waals surface area contributed by atoms with E-state index in [1.165, 1.54) is 6.20 Å². The number of likely N-dealkylation sites (tertiary alicyclic amines) is 1. The van der Waals surface area contributed by atoms with Crippen LogP contribution in [0.15, 0.2) is 30.5 Å². The maximum atomic E-state index is 13.5.